The van der Waals surface area contributed by atoms with Gasteiger partial charge >= 0.3 is 0 Å². The zero-order chi connectivity index (χ0) is 10.4. The minimum Gasteiger partial charge on any atom is -0.399 e. The van der Waals surface area contributed by atoms with Crippen LogP contribution in [0.3, 0.4) is 0 Å². The standard InChI is InChI=1S/C10H14ClNOS/c1-13-4-5-14-7-8-6-9(12)2-3-10(8)11/h2-3,6H,4-5,7,12H2,1H3. The van der Waals surface area contributed by atoms with E-state index in [0.29, 0.717) is 0 Å². The molecule has 0 aliphatic carbocycles. The van der Waals surface area contributed by atoms with Crippen LogP contribution in [0.1, 0.15) is 5.56 Å². The smallest absolute Gasteiger partial charge is 0.0553 e. The lowest BCUT2D eigenvalue weighted by atomic mass is 10.2. The van der Waals surface area contributed by atoms with Crippen LogP contribution < -0.4 is 5.73 Å². The topological polar surface area (TPSA) is 35.2 Å². The molecule has 0 bridgehead atoms. The largest absolute Gasteiger partial charge is 0.399 e. The molecule has 0 spiro atoms. The normalized spacial score (nSPS) is 10.4. The van der Waals surface area contributed by atoms with Crippen molar-refractivity contribution < 1.29 is 4.74 Å². The van der Waals surface area contributed by atoms with Gasteiger partial charge in [0.15, 0.2) is 0 Å². The van der Waals surface area contributed by atoms with Gasteiger partial charge in [0.1, 0.15) is 0 Å². The zero-order valence-corrected chi connectivity index (χ0v) is 9.70. The number of halogens is 1. The minimum atomic E-state index is 0.761. The Bertz CT molecular complexity index is 293. The van der Waals surface area contributed by atoms with Crippen LogP contribution in [0.4, 0.5) is 5.69 Å². The maximum Gasteiger partial charge on any atom is 0.0553 e. The van der Waals surface area contributed by atoms with Crippen LogP contribution in [-0.2, 0) is 10.5 Å². The number of anilines is 1. The third-order valence-electron chi connectivity index (χ3n) is 1.76. The molecule has 1 aromatic rings. The van der Waals surface area contributed by atoms with Crippen molar-refractivity contribution in [2.75, 3.05) is 25.2 Å². The highest BCUT2D eigenvalue weighted by atomic mass is 35.5. The molecule has 78 valence electrons. The molecule has 4 heteroatoms. The van der Waals surface area contributed by atoms with E-state index in [2.05, 4.69) is 0 Å². The van der Waals surface area contributed by atoms with Crippen molar-refractivity contribution >= 4 is 29.1 Å². The third-order valence-corrected chi connectivity index (χ3v) is 3.10. The first-order chi connectivity index (χ1) is 6.74. The molecule has 0 fully saturated rings. The minimum absolute atomic E-state index is 0.761. The summed E-state index contributed by atoms with van der Waals surface area (Å²) in [5, 5.41) is 0.782. The van der Waals surface area contributed by atoms with Crippen molar-refractivity contribution in [3.8, 4) is 0 Å². The molecule has 0 amide bonds. The number of methoxy groups -OCH3 is 1. The van der Waals surface area contributed by atoms with Gasteiger partial charge in [-0.1, -0.05) is 11.6 Å². The lowest BCUT2D eigenvalue weighted by molar-refractivity contribution is 0.218. The van der Waals surface area contributed by atoms with Crippen LogP contribution in [0.5, 0.6) is 0 Å². The van der Waals surface area contributed by atoms with Gasteiger partial charge in [-0.3, -0.25) is 0 Å². The van der Waals surface area contributed by atoms with Crippen molar-refractivity contribution in [3.63, 3.8) is 0 Å². The van der Waals surface area contributed by atoms with Gasteiger partial charge in [-0.2, -0.15) is 11.8 Å². The van der Waals surface area contributed by atoms with E-state index >= 15 is 0 Å². The van der Waals surface area contributed by atoms with E-state index in [1.807, 2.05) is 18.2 Å². The Morgan fingerprint density at radius 2 is 2.29 bits per heavy atom. The molecule has 0 saturated carbocycles. The number of rotatable bonds is 5. The summed E-state index contributed by atoms with van der Waals surface area (Å²) < 4.78 is 4.96. The number of nitrogen functional groups attached to an aromatic ring is 1. The molecule has 1 aromatic carbocycles. The summed E-state index contributed by atoms with van der Waals surface area (Å²) >= 11 is 7.80. The highest BCUT2D eigenvalue weighted by Crippen LogP contribution is 2.23. The van der Waals surface area contributed by atoms with Gasteiger partial charge in [-0.05, 0) is 23.8 Å². The summed E-state index contributed by atoms with van der Waals surface area (Å²) in [6, 6.07) is 5.57. The molecule has 0 saturated heterocycles. The van der Waals surface area contributed by atoms with Gasteiger partial charge in [0.2, 0.25) is 0 Å². The molecule has 0 heterocycles. The Labute approximate surface area is 93.8 Å². The second kappa shape index (κ2) is 6.17. The summed E-state index contributed by atoms with van der Waals surface area (Å²) in [4.78, 5) is 0. The predicted octanol–water partition coefficient (Wildman–Crippen LogP) is 2.80. The number of nitrogens with two attached hydrogens (primary N) is 1. The molecule has 0 aliphatic heterocycles. The molecular weight excluding hydrogens is 218 g/mol. The van der Waals surface area contributed by atoms with Crippen molar-refractivity contribution in [2.24, 2.45) is 0 Å². The van der Waals surface area contributed by atoms with Crippen LogP contribution in [0.15, 0.2) is 18.2 Å². The Hall–Kier alpha value is -0.380. The van der Waals surface area contributed by atoms with Crippen molar-refractivity contribution in [1.82, 2.24) is 0 Å². The second-order valence-electron chi connectivity index (χ2n) is 2.90. The highest BCUT2D eigenvalue weighted by molar-refractivity contribution is 7.98. The van der Waals surface area contributed by atoms with E-state index in [9.17, 15) is 0 Å². The Morgan fingerprint density at radius 1 is 1.50 bits per heavy atom. The second-order valence-corrected chi connectivity index (χ2v) is 4.41. The molecule has 0 aromatic heterocycles. The quantitative estimate of drug-likeness (QED) is 0.625. The average molecular weight is 232 g/mol. The van der Waals surface area contributed by atoms with Gasteiger partial charge in [0, 0.05) is 29.3 Å². The summed E-state index contributed by atoms with van der Waals surface area (Å²) in [7, 11) is 1.70. The van der Waals surface area contributed by atoms with Crippen LogP contribution in [0, 0.1) is 0 Å². The van der Waals surface area contributed by atoms with E-state index in [1.54, 1.807) is 18.9 Å². The van der Waals surface area contributed by atoms with Crippen LogP contribution in [-0.4, -0.2) is 19.5 Å². The number of benzene rings is 1. The van der Waals surface area contributed by atoms with E-state index in [4.69, 9.17) is 22.1 Å². The van der Waals surface area contributed by atoms with Gasteiger partial charge in [0.05, 0.1) is 6.61 Å². The summed E-state index contributed by atoms with van der Waals surface area (Å²) in [5.74, 6) is 1.86. The highest BCUT2D eigenvalue weighted by Gasteiger charge is 2.00. The molecule has 2 N–H and O–H groups in total. The number of ether oxygens (including phenoxy) is 1. The van der Waals surface area contributed by atoms with Gasteiger partial charge in [-0.15, -0.1) is 0 Å². The number of hydrogen-bond acceptors (Lipinski definition) is 3. The van der Waals surface area contributed by atoms with Crippen LogP contribution in [0.2, 0.25) is 5.02 Å². The van der Waals surface area contributed by atoms with Crippen molar-refractivity contribution in [1.29, 1.82) is 0 Å². The molecule has 0 atom stereocenters. The molecule has 0 aliphatic rings. The van der Waals surface area contributed by atoms with E-state index in [0.717, 1.165) is 34.4 Å². The molecule has 0 unspecified atom stereocenters. The van der Waals surface area contributed by atoms with Crippen LogP contribution in [0.25, 0.3) is 0 Å². The molecular formula is C10H14ClNOS. The SMILES string of the molecule is COCCSCc1cc(N)ccc1Cl. The van der Waals surface area contributed by atoms with Crippen LogP contribution >= 0.6 is 23.4 Å². The van der Waals surface area contributed by atoms with Gasteiger partial charge in [0.25, 0.3) is 0 Å². The maximum absolute atomic E-state index is 6.01. The maximum atomic E-state index is 6.01. The lowest BCUT2D eigenvalue weighted by Crippen LogP contribution is -1.93. The van der Waals surface area contributed by atoms with Gasteiger partial charge < -0.3 is 10.5 Å². The Balaban J connectivity index is 2.45. The number of thioether (sulfide) groups is 1. The fourth-order valence-electron chi connectivity index (χ4n) is 1.03. The summed E-state index contributed by atoms with van der Waals surface area (Å²) in [6.07, 6.45) is 0. The molecule has 2 nitrogen and oxygen atoms in total. The fourth-order valence-corrected chi connectivity index (χ4v) is 2.18. The molecule has 14 heavy (non-hydrogen) atoms. The summed E-state index contributed by atoms with van der Waals surface area (Å²) in [5.41, 5.74) is 7.52. The average Bonchev–Trinajstić information content (AvgIpc) is 2.18. The fraction of sp³-hybridized carbons (Fsp3) is 0.400. The van der Waals surface area contributed by atoms with E-state index in [-0.39, 0.29) is 0 Å². The predicted molar refractivity (Wildman–Crippen MR) is 63.9 cm³/mol. The van der Waals surface area contributed by atoms with Crippen molar-refractivity contribution in [3.05, 3.63) is 28.8 Å². The third kappa shape index (κ3) is 3.78. The molecule has 0 radical (unpaired) electrons. The lowest BCUT2D eigenvalue weighted by Gasteiger charge is -2.05. The first-order valence-corrected chi connectivity index (χ1v) is 5.88. The Kier molecular flexibility index (Phi) is 5.15. The van der Waals surface area contributed by atoms with E-state index < -0.39 is 0 Å². The number of hydrogen-bond donors (Lipinski definition) is 1. The monoisotopic (exact) mass is 231 g/mol. The van der Waals surface area contributed by atoms with Gasteiger partial charge in [-0.25, -0.2) is 0 Å². The first-order valence-electron chi connectivity index (χ1n) is 4.34. The van der Waals surface area contributed by atoms with E-state index in [1.165, 1.54) is 0 Å². The van der Waals surface area contributed by atoms with Crippen molar-refractivity contribution in [2.45, 2.75) is 5.75 Å². The zero-order valence-electron chi connectivity index (χ0n) is 8.13. The summed E-state index contributed by atoms with van der Waals surface area (Å²) in [6.45, 7) is 0.768. The Morgan fingerprint density at radius 3 is 3.00 bits per heavy atom. The molecule has 1 rings (SSSR count). The first kappa shape index (κ1) is 11.7.